The second-order valence-electron chi connectivity index (χ2n) is 8.11. The quantitative estimate of drug-likeness (QED) is 0.589. The number of likely N-dealkylation sites (tertiary alicyclic amines) is 1. The zero-order valence-corrected chi connectivity index (χ0v) is 17.9. The lowest BCUT2D eigenvalue weighted by Gasteiger charge is -2.16. The Morgan fingerprint density at radius 1 is 0.968 bits per heavy atom. The minimum Gasteiger partial charge on any atom is -0.350 e. The molecule has 2 N–H and O–H groups in total. The number of nitrogens with zero attached hydrogens (tertiary/aromatic N) is 2. The lowest BCUT2D eigenvalue weighted by atomic mass is 10.1. The molecule has 1 aromatic heterocycles. The van der Waals surface area contributed by atoms with Crippen molar-refractivity contribution in [2.75, 3.05) is 13.1 Å². The van der Waals surface area contributed by atoms with Crippen molar-refractivity contribution in [2.24, 2.45) is 0 Å². The van der Waals surface area contributed by atoms with Crippen molar-refractivity contribution in [3.63, 3.8) is 0 Å². The Morgan fingerprint density at radius 2 is 1.65 bits per heavy atom. The molecule has 1 aliphatic rings. The number of hydrogen-bond acceptors (Lipinski definition) is 3. The summed E-state index contributed by atoms with van der Waals surface area (Å²) in [6.07, 6.45) is 2.55. The summed E-state index contributed by atoms with van der Waals surface area (Å²) in [4.78, 5) is 39.7. The minimum atomic E-state index is -0.459. The van der Waals surface area contributed by atoms with Crippen LogP contribution in [0.3, 0.4) is 0 Å². The number of para-hydroxylation sites is 1. The Balaban J connectivity index is 1.52. The first-order valence-electron chi connectivity index (χ1n) is 11.0. The van der Waals surface area contributed by atoms with E-state index in [0.717, 1.165) is 12.1 Å². The smallest absolute Gasteiger partial charge is 0.331 e. The molecule has 1 fully saturated rings. The molecular formula is C24H29N4O3+. The van der Waals surface area contributed by atoms with Crippen LogP contribution in [0.1, 0.15) is 30.9 Å². The zero-order valence-electron chi connectivity index (χ0n) is 17.9. The highest BCUT2D eigenvalue weighted by Gasteiger charge is 2.18. The average Bonchev–Trinajstić information content (AvgIpc) is 3.29. The standard InChI is InChI=1S/C24H28N4O3/c1-2-27-23(30)20-11-5-6-12-21(20)28(24(27)31)17-22(29)25-15-18-9-3-4-10-19(18)16-26-13-7-8-14-26/h3-6,9-12H,2,7-8,13-17H2,1H3,(H,25,29)/p+1. The number of carbonyl (C=O) groups excluding carboxylic acids is 1. The number of rotatable bonds is 7. The van der Waals surface area contributed by atoms with Gasteiger partial charge in [-0.05, 0) is 24.6 Å². The maximum Gasteiger partial charge on any atom is 0.331 e. The number of quaternary nitrogens is 1. The molecule has 31 heavy (non-hydrogen) atoms. The number of amides is 1. The molecule has 4 rings (SSSR count). The van der Waals surface area contributed by atoms with Crippen molar-refractivity contribution < 1.29 is 9.69 Å². The van der Waals surface area contributed by atoms with Gasteiger partial charge in [0, 0.05) is 31.5 Å². The summed E-state index contributed by atoms with van der Waals surface area (Å²) in [5.74, 6) is -0.253. The van der Waals surface area contributed by atoms with E-state index in [1.807, 2.05) is 18.2 Å². The van der Waals surface area contributed by atoms with Gasteiger partial charge in [-0.2, -0.15) is 0 Å². The summed E-state index contributed by atoms with van der Waals surface area (Å²) in [5.41, 5.74) is 2.06. The molecule has 162 valence electrons. The van der Waals surface area contributed by atoms with Crippen LogP contribution in [0.2, 0.25) is 0 Å². The van der Waals surface area contributed by atoms with Gasteiger partial charge in [0.25, 0.3) is 5.56 Å². The van der Waals surface area contributed by atoms with E-state index < -0.39 is 5.69 Å². The summed E-state index contributed by atoms with van der Waals surface area (Å²) >= 11 is 0. The summed E-state index contributed by atoms with van der Waals surface area (Å²) in [7, 11) is 0. The second-order valence-corrected chi connectivity index (χ2v) is 8.11. The maximum atomic E-state index is 12.8. The predicted octanol–water partition coefficient (Wildman–Crippen LogP) is 0.678. The zero-order chi connectivity index (χ0) is 21.8. The molecule has 1 amide bonds. The lowest BCUT2D eigenvalue weighted by molar-refractivity contribution is -0.901. The third kappa shape index (κ3) is 4.46. The van der Waals surface area contributed by atoms with E-state index in [0.29, 0.717) is 17.4 Å². The van der Waals surface area contributed by atoms with Gasteiger partial charge < -0.3 is 10.2 Å². The largest absolute Gasteiger partial charge is 0.350 e. The summed E-state index contributed by atoms with van der Waals surface area (Å²) in [5, 5.41) is 3.40. The number of benzene rings is 2. The molecule has 0 saturated carbocycles. The summed E-state index contributed by atoms with van der Waals surface area (Å²) in [6, 6.07) is 15.1. The molecule has 1 saturated heterocycles. The molecule has 0 radical (unpaired) electrons. The molecule has 7 heteroatoms. The summed E-state index contributed by atoms with van der Waals surface area (Å²) in [6.45, 7) is 5.67. The molecule has 0 bridgehead atoms. The van der Waals surface area contributed by atoms with Crippen molar-refractivity contribution in [3.05, 3.63) is 80.5 Å². The van der Waals surface area contributed by atoms with E-state index >= 15 is 0 Å². The topological polar surface area (TPSA) is 77.5 Å². The van der Waals surface area contributed by atoms with Crippen molar-refractivity contribution in [1.82, 2.24) is 14.5 Å². The van der Waals surface area contributed by atoms with Crippen LogP contribution in [0.15, 0.2) is 58.1 Å². The highest BCUT2D eigenvalue weighted by atomic mass is 16.2. The fourth-order valence-corrected chi connectivity index (χ4v) is 4.42. The maximum absolute atomic E-state index is 12.8. The Morgan fingerprint density at radius 3 is 2.39 bits per heavy atom. The van der Waals surface area contributed by atoms with Gasteiger partial charge in [0.15, 0.2) is 0 Å². The molecule has 7 nitrogen and oxygen atoms in total. The van der Waals surface area contributed by atoms with E-state index in [1.54, 1.807) is 36.1 Å². The molecule has 1 aliphatic heterocycles. The lowest BCUT2D eigenvalue weighted by Crippen LogP contribution is -3.08. The highest BCUT2D eigenvalue weighted by Crippen LogP contribution is 2.09. The highest BCUT2D eigenvalue weighted by molar-refractivity contribution is 5.81. The monoisotopic (exact) mass is 421 g/mol. The van der Waals surface area contributed by atoms with Crippen LogP contribution in [0.25, 0.3) is 10.9 Å². The van der Waals surface area contributed by atoms with Gasteiger partial charge in [-0.1, -0.05) is 36.4 Å². The van der Waals surface area contributed by atoms with Crippen LogP contribution in [0.5, 0.6) is 0 Å². The normalized spacial score (nSPS) is 14.2. The number of nitrogens with one attached hydrogen (secondary N) is 2. The molecule has 2 aromatic carbocycles. The fourth-order valence-electron chi connectivity index (χ4n) is 4.42. The number of aromatic nitrogens is 2. The molecular weight excluding hydrogens is 392 g/mol. The first-order valence-corrected chi connectivity index (χ1v) is 11.0. The molecule has 0 unspecified atom stereocenters. The van der Waals surface area contributed by atoms with E-state index in [9.17, 15) is 14.4 Å². The van der Waals surface area contributed by atoms with Crippen molar-refractivity contribution in [2.45, 2.75) is 45.9 Å². The molecule has 0 atom stereocenters. The van der Waals surface area contributed by atoms with Crippen molar-refractivity contribution >= 4 is 16.8 Å². The van der Waals surface area contributed by atoms with E-state index in [2.05, 4.69) is 11.4 Å². The summed E-state index contributed by atoms with van der Waals surface area (Å²) < 4.78 is 2.56. The molecule has 0 aliphatic carbocycles. The van der Waals surface area contributed by atoms with E-state index in [1.165, 1.54) is 40.6 Å². The van der Waals surface area contributed by atoms with Gasteiger partial charge in [-0.15, -0.1) is 0 Å². The van der Waals surface area contributed by atoms with Crippen LogP contribution in [-0.4, -0.2) is 28.1 Å². The van der Waals surface area contributed by atoms with Crippen molar-refractivity contribution in [1.29, 1.82) is 0 Å². The number of carbonyl (C=O) groups is 1. The van der Waals surface area contributed by atoms with Gasteiger partial charge in [-0.3, -0.25) is 18.7 Å². The SMILES string of the molecule is CCn1c(=O)c2ccccc2n(CC(=O)NCc2ccccc2C[NH+]2CCCC2)c1=O. The number of hydrogen-bond donors (Lipinski definition) is 2. The van der Waals surface area contributed by atoms with Gasteiger partial charge in [-0.25, -0.2) is 4.79 Å². The third-order valence-corrected chi connectivity index (χ3v) is 6.10. The van der Waals surface area contributed by atoms with E-state index in [-0.39, 0.29) is 24.6 Å². The molecule has 2 heterocycles. The van der Waals surface area contributed by atoms with Gasteiger partial charge in [0.2, 0.25) is 5.91 Å². The average molecular weight is 422 g/mol. The Kier molecular flexibility index (Phi) is 6.32. The van der Waals surface area contributed by atoms with Crippen LogP contribution < -0.4 is 21.5 Å². The molecule has 0 spiro atoms. The first-order chi connectivity index (χ1) is 15.1. The Hall–Kier alpha value is -3.19. The fraction of sp³-hybridized carbons (Fsp3) is 0.375. The first kappa shape index (κ1) is 21.1. The Labute approximate surface area is 180 Å². The van der Waals surface area contributed by atoms with Crippen LogP contribution >= 0.6 is 0 Å². The van der Waals surface area contributed by atoms with E-state index in [4.69, 9.17) is 0 Å². The minimum absolute atomic E-state index is 0.126. The second kappa shape index (κ2) is 9.31. The van der Waals surface area contributed by atoms with Gasteiger partial charge >= 0.3 is 5.69 Å². The van der Waals surface area contributed by atoms with Gasteiger partial charge in [0.05, 0.1) is 24.0 Å². The van der Waals surface area contributed by atoms with Crippen LogP contribution in [-0.2, 0) is 31.0 Å². The third-order valence-electron chi connectivity index (χ3n) is 6.10. The Bertz CT molecular complexity index is 1210. The predicted molar refractivity (Wildman–Crippen MR) is 120 cm³/mol. The van der Waals surface area contributed by atoms with Crippen LogP contribution in [0, 0.1) is 0 Å². The van der Waals surface area contributed by atoms with Gasteiger partial charge in [0.1, 0.15) is 13.1 Å². The van der Waals surface area contributed by atoms with Crippen LogP contribution in [0.4, 0.5) is 0 Å². The molecule has 3 aromatic rings. The van der Waals surface area contributed by atoms with Crippen molar-refractivity contribution in [3.8, 4) is 0 Å². The number of fused-ring (bicyclic) bond motifs is 1.